The molecular weight excluding hydrogens is 290 g/mol. The van der Waals surface area contributed by atoms with Crippen molar-refractivity contribution in [3.8, 4) is 0 Å². The Bertz CT molecular complexity index is 570. The van der Waals surface area contributed by atoms with Crippen molar-refractivity contribution < 1.29 is 4.79 Å². The van der Waals surface area contributed by atoms with Gasteiger partial charge in [0.05, 0.1) is 5.00 Å². The lowest BCUT2D eigenvalue weighted by atomic mass is 10.1. The highest BCUT2D eigenvalue weighted by molar-refractivity contribution is 7.16. The van der Waals surface area contributed by atoms with E-state index >= 15 is 0 Å². The average Bonchev–Trinajstić information content (AvgIpc) is 2.70. The first-order valence-electron chi connectivity index (χ1n) is 6.66. The van der Waals surface area contributed by atoms with Crippen LogP contribution in [0.3, 0.4) is 0 Å². The molecule has 0 bridgehead atoms. The highest BCUT2D eigenvalue weighted by Gasteiger charge is 2.06. The van der Waals surface area contributed by atoms with Crippen molar-refractivity contribution >= 4 is 33.8 Å². The summed E-state index contributed by atoms with van der Waals surface area (Å²) in [5.74, 6) is 0.0835. The molecule has 1 aromatic carbocycles. The number of halogens is 1. The van der Waals surface area contributed by atoms with Gasteiger partial charge < -0.3 is 5.32 Å². The van der Waals surface area contributed by atoms with Crippen molar-refractivity contribution in [3.63, 3.8) is 0 Å². The predicted octanol–water partition coefficient (Wildman–Crippen LogP) is 4.98. The largest absolute Gasteiger partial charge is 0.318 e. The predicted molar refractivity (Wildman–Crippen MR) is 86.8 cm³/mol. The van der Waals surface area contributed by atoms with Gasteiger partial charge in [-0.25, -0.2) is 0 Å². The van der Waals surface area contributed by atoms with E-state index in [1.54, 1.807) is 11.3 Å². The van der Waals surface area contributed by atoms with Crippen LogP contribution in [0.4, 0.5) is 5.00 Å². The first-order chi connectivity index (χ1) is 9.54. The van der Waals surface area contributed by atoms with Gasteiger partial charge in [-0.2, -0.15) is 0 Å². The van der Waals surface area contributed by atoms with Gasteiger partial charge in [0.1, 0.15) is 0 Å². The fourth-order valence-corrected chi connectivity index (χ4v) is 3.02. The lowest BCUT2D eigenvalue weighted by Gasteiger charge is -2.03. The second-order valence-corrected chi connectivity index (χ2v) is 6.57. The number of hydrogen-bond acceptors (Lipinski definition) is 2. The standard InChI is InChI=1S/C16H18ClNOS/c1-11-10-16(20-12(11)2)18-15(19)5-3-4-13-6-8-14(17)9-7-13/h6-10H,3-5H2,1-2H3,(H,18,19). The lowest BCUT2D eigenvalue weighted by Crippen LogP contribution is -2.10. The zero-order valence-electron chi connectivity index (χ0n) is 11.7. The normalized spacial score (nSPS) is 10.6. The molecule has 0 atom stereocenters. The van der Waals surface area contributed by atoms with Crippen LogP contribution in [0.1, 0.15) is 28.8 Å². The summed E-state index contributed by atoms with van der Waals surface area (Å²) in [5, 5.41) is 4.64. The first kappa shape index (κ1) is 15.1. The molecule has 0 radical (unpaired) electrons. The number of hydrogen-bond donors (Lipinski definition) is 1. The molecule has 0 aliphatic heterocycles. The van der Waals surface area contributed by atoms with Gasteiger partial charge in [-0.05, 0) is 56.0 Å². The lowest BCUT2D eigenvalue weighted by molar-refractivity contribution is -0.116. The first-order valence-corrected chi connectivity index (χ1v) is 7.85. The molecule has 0 aliphatic carbocycles. The van der Waals surface area contributed by atoms with Crippen LogP contribution in [0.5, 0.6) is 0 Å². The minimum atomic E-state index is 0.0835. The van der Waals surface area contributed by atoms with Crippen molar-refractivity contribution in [1.82, 2.24) is 0 Å². The molecule has 106 valence electrons. The Kier molecular flexibility index (Phi) is 5.21. The van der Waals surface area contributed by atoms with E-state index in [1.807, 2.05) is 30.3 Å². The van der Waals surface area contributed by atoms with Crippen LogP contribution < -0.4 is 5.32 Å². The maximum absolute atomic E-state index is 11.9. The Balaban J connectivity index is 1.76. The summed E-state index contributed by atoms with van der Waals surface area (Å²) >= 11 is 7.47. The van der Waals surface area contributed by atoms with E-state index in [1.165, 1.54) is 16.0 Å². The van der Waals surface area contributed by atoms with Gasteiger partial charge in [-0.15, -0.1) is 11.3 Å². The van der Waals surface area contributed by atoms with Gasteiger partial charge in [0.2, 0.25) is 5.91 Å². The quantitative estimate of drug-likeness (QED) is 0.829. The average molecular weight is 308 g/mol. The van der Waals surface area contributed by atoms with Crippen LogP contribution in [0.2, 0.25) is 5.02 Å². The van der Waals surface area contributed by atoms with Crippen molar-refractivity contribution in [2.75, 3.05) is 5.32 Å². The molecule has 2 rings (SSSR count). The van der Waals surface area contributed by atoms with Gasteiger partial charge in [-0.1, -0.05) is 23.7 Å². The molecule has 2 nitrogen and oxygen atoms in total. The number of nitrogens with one attached hydrogen (secondary N) is 1. The van der Waals surface area contributed by atoms with Crippen molar-refractivity contribution in [1.29, 1.82) is 0 Å². The van der Waals surface area contributed by atoms with Crippen LogP contribution in [-0.2, 0) is 11.2 Å². The van der Waals surface area contributed by atoms with Gasteiger partial charge in [0.25, 0.3) is 0 Å². The van der Waals surface area contributed by atoms with E-state index in [-0.39, 0.29) is 5.91 Å². The van der Waals surface area contributed by atoms with Gasteiger partial charge in [0.15, 0.2) is 0 Å². The van der Waals surface area contributed by atoms with E-state index in [0.717, 1.165) is 22.9 Å². The zero-order chi connectivity index (χ0) is 14.5. The summed E-state index contributed by atoms with van der Waals surface area (Å²) < 4.78 is 0. The van der Waals surface area contributed by atoms with Crippen molar-refractivity contribution in [3.05, 3.63) is 51.4 Å². The molecule has 1 N–H and O–H groups in total. The molecule has 1 heterocycles. The summed E-state index contributed by atoms with van der Waals surface area (Å²) in [5.41, 5.74) is 2.44. The Morgan fingerprint density at radius 3 is 2.55 bits per heavy atom. The molecule has 2 aromatic rings. The summed E-state index contributed by atoms with van der Waals surface area (Å²) in [4.78, 5) is 13.1. The van der Waals surface area contributed by atoms with Crippen LogP contribution in [0, 0.1) is 13.8 Å². The summed E-state index contributed by atoms with van der Waals surface area (Å²) in [7, 11) is 0. The SMILES string of the molecule is Cc1cc(NC(=O)CCCc2ccc(Cl)cc2)sc1C. The number of carbonyl (C=O) groups is 1. The van der Waals surface area contributed by atoms with Crippen LogP contribution in [0.25, 0.3) is 0 Å². The molecule has 20 heavy (non-hydrogen) atoms. The third kappa shape index (κ3) is 4.36. The van der Waals surface area contributed by atoms with Gasteiger partial charge >= 0.3 is 0 Å². The fraction of sp³-hybridized carbons (Fsp3) is 0.312. The van der Waals surface area contributed by atoms with Crippen LogP contribution in [-0.4, -0.2) is 5.91 Å². The number of anilines is 1. The second kappa shape index (κ2) is 6.91. The number of benzene rings is 1. The zero-order valence-corrected chi connectivity index (χ0v) is 13.3. The maximum atomic E-state index is 11.9. The monoisotopic (exact) mass is 307 g/mol. The molecule has 0 unspecified atom stereocenters. The molecular formula is C16H18ClNOS. The van der Waals surface area contributed by atoms with E-state index in [0.29, 0.717) is 6.42 Å². The maximum Gasteiger partial charge on any atom is 0.224 e. The molecule has 0 aliphatic rings. The highest BCUT2D eigenvalue weighted by Crippen LogP contribution is 2.25. The Hall–Kier alpha value is -1.32. The number of rotatable bonds is 5. The Labute approximate surface area is 128 Å². The topological polar surface area (TPSA) is 29.1 Å². The Morgan fingerprint density at radius 1 is 1.25 bits per heavy atom. The second-order valence-electron chi connectivity index (χ2n) is 4.88. The van der Waals surface area contributed by atoms with Crippen molar-refractivity contribution in [2.45, 2.75) is 33.1 Å². The van der Waals surface area contributed by atoms with Gasteiger partial charge in [-0.3, -0.25) is 4.79 Å². The molecule has 0 spiro atoms. The smallest absolute Gasteiger partial charge is 0.224 e. The number of aryl methyl sites for hydroxylation is 3. The molecule has 0 saturated carbocycles. The van der Waals surface area contributed by atoms with E-state index in [4.69, 9.17) is 11.6 Å². The molecule has 4 heteroatoms. The number of amides is 1. The van der Waals surface area contributed by atoms with Crippen LogP contribution >= 0.6 is 22.9 Å². The number of carbonyl (C=O) groups excluding carboxylic acids is 1. The van der Waals surface area contributed by atoms with Crippen LogP contribution in [0.15, 0.2) is 30.3 Å². The van der Waals surface area contributed by atoms with E-state index < -0.39 is 0 Å². The molecule has 0 fully saturated rings. The fourth-order valence-electron chi connectivity index (χ4n) is 1.94. The minimum absolute atomic E-state index is 0.0835. The molecule has 1 aromatic heterocycles. The third-order valence-electron chi connectivity index (χ3n) is 3.21. The number of thiophene rings is 1. The van der Waals surface area contributed by atoms with E-state index in [9.17, 15) is 4.79 Å². The summed E-state index contributed by atoms with van der Waals surface area (Å²) in [6, 6.07) is 9.80. The third-order valence-corrected chi connectivity index (χ3v) is 4.53. The van der Waals surface area contributed by atoms with E-state index in [2.05, 4.69) is 19.2 Å². The summed E-state index contributed by atoms with van der Waals surface area (Å²) in [6.07, 6.45) is 2.28. The minimum Gasteiger partial charge on any atom is -0.318 e. The summed E-state index contributed by atoms with van der Waals surface area (Å²) in [6.45, 7) is 4.12. The highest BCUT2D eigenvalue weighted by atomic mass is 35.5. The Morgan fingerprint density at radius 2 is 1.95 bits per heavy atom. The van der Waals surface area contributed by atoms with Gasteiger partial charge in [0, 0.05) is 16.3 Å². The van der Waals surface area contributed by atoms with Crippen molar-refractivity contribution in [2.24, 2.45) is 0 Å². The molecule has 0 saturated heterocycles. The molecule has 1 amide bonds.